The van der Waals surface area contributed by atoms with E-state index in [2.05, 4.69) is 34.3 Å². The quantitative estimate of drug-likeness (QED) is 0.806. The molecule has 4 heteroatoms. The minimum absolute atomic E-state index is 0.229. The summed E-state index contributed by atoms with van der Waals surface area (Å²) < 4.78 is 13.1. The Balaban J connectivity index is 1.56. The van der Waals surface area contributed by atoms with Crippen LogP contribution < -0.4 is 4.90 Å². The first-order chi connectivity index (χ1) is 10.3. The minimum atomic E-state index is -0.229. The van der Waals surface area contributed by atoms with Gasteiger partial charge in [0.2, 0.25) is 0 Å². The molecular formula is C17H18FN3. The highest BCUT2D eigenvalue weighted by atomic mass is 19.1. The van der Waals surface area contributed by atoms with E-state index < -0.39 is 0 Å². The van der Waals surface area contributed by atoms with Crippen molar-refractivity contribution in [2.75, 3.05) is 31.1 Å². The Labute approximate surface area is 124 Å². The highest BCUT2D eigenvalue weighted by Crippen LogP contribution is 2.15. The van der Waals surface area contributed by atoms with E-state index in [1.165, 1.54) is 17.8 Å². The molecule has 3 nitrogen and oxygen atoms in total. The smallest absolute Gasteiger partial charge is 0.123 e. The molecule has 0 saturated carbocycles. The van der Waals surface area contributed by atoms with Gasteiger partial charge < -0.3 is 4.90 Å². The van der Waals surface area contributed by atoms with Crippen molar-refractivity contribution in [3.8, 4) is 0 Å². The Hall–Kier alpha value is -2.36. The fraction of sp³-hybridized carbons (Fsp3) is 0.235. The first-order valence-electron chi connectivity index (χ1n) is 7.16. The molecule has 3 rings (SSSR count). The van der Waals surface area contributed by atoms with E-state index in [1.807, 2.05) is 17.1 Å². The van der Waals surface area contributed by atoms with Gasteiger partial charge >= 0.3 is 0 Å². The molecule has 2 aromatic rings. The van der Waals surface area contributed by atoms with Crippen LogP contribution in [0.2, 0.25) is 0 Å². The summed E-state index contributed by atoms with van der Waals surface area (Å²) in [6, 6.07) is 16.9. The SMILES string of the molecule is Fc1cccc(/C=N/N2CCN(c3ccccc3)CC2)c1. The molecule has 1 aliphatic rings. The van der Waals surface area contributed by atoms with Crippen molar-refractivity contribution in [3.63, 3.8) is 0 Å². The lowest BCUT2D eigenvalue weighted by Gasteiger charge is -2.34. The maximum atomic E-state index is 13.1. The van der Waals surface area contributed by atoms with Gasteiger partial charge in [0.1, 0.15) is 5.82 Å². The van der Waals surface area contributed by atoms with Gasteiger partial charge in [-0.05, 0) is 29.8 Å². The summed E-state index contributed by atoms with van der Waals surface area (Å²) in [5.74, 6) is -0.229. The van der Waals surface area contributed by atoms with Gasteiger partial charge in [-0.15, -0.1) is 0 Å². The molecule has 1 aliphatic heterocycles. The zero-order valence-corrected chi connectivity index (χ0v) is 11.8. The fourth-order valence-corrected chi connectivity index (χ4v) is 2.44. The number of rotatable bonds is 3. The van der Waals surface area contributed by atoms with Crippen LogP contribution in [0.3, 0.4) is 0 Å². The van der Waals surface area contributed by atoms with Gasteiger partial charge in [0.05, 0.1) is 19.3 Å². The Morgan fingerprint density at radius 1 is 0.905 bits per heavy atom. The number of piperazine rings is 1. The lowest BCUT2D eigenvalue weighted by atomic mass is 10.2. The van der Waals surface area contributed by atoms with Gasteiger partial charge in [-0.25, -0.2) is 4.39 Å². The van der Waals surface area contributed by atoms with Gasteiger partial charge in [-0.1, -0.05) is 30.3 Å². The third kappa shape index (κ3) is 3.60. The molecule has 0 aliphatic carbocycles. The van der Waals surface area contributed by atoms with Gasteiger partial charge in [0.15, 0.2) is 0 Å². The minimum Gasteiger partial charge on any atom is -0.368 e. The normalized spacial score (nSPS) is 15.7. The first kappa shape index (κ1) is 13.6. The van der Waals surface area contributed by atoms with Crippen LogP contribution in [-0.2, 0) is 0 Å². The van der Waals surface area contributed by atoms with Crippen LogP contribution in [0.15, 0.2) is 59.7 Å². The number of nitrogens with zero attached hydrogens (tertiary/aromatic N) is 3. The average molecular weight is 283 g/mol. The van der Waals surface area contributed by atoms with Crippen molar-refractivity contribution in [2.45, 2.75) is 0 Å². The van der Waals surface area contributed by atoms with Crippen molar-refractivity contribution in [2.24, 2.45) is 5.10 Å². The van der Waals surface area contributed by atoms with E-state index in [9.17, 15) is 4.39 Å². The standard InChI is InChI=1S/C17H18FN3/c18-16-6-4-5-15(13-16)14-19-21-11-9-20(10-12-21)17-7-2-1-3-8-17/h1-8,13-14H,9-12H2/b19-14+. The number of hydrogen-bond donors (Lipinski definition) is 0. The van der Waals surface area contributed by atoms with E-state index in [0.29, 0.717) is 0 Å². The summed E-state index contributed by atoms with van der Waals surface area (Å²) >= 11 is 0. The number of para-hydroxylation sites is 1. The molecule has 0 atom stereocenters. The summed E-state index contributed by atoms with van der Waals surface area (Å²) in [4.78, 5) is 2.36. The highest BCUT2D eigenvalue weighted by Gasteiger charge is 2.15. The largest absolute Gasteiger partial charge is 0.368 e. The predicted octanol–water partition coefficient (Wildman–Crippen LogP) is 2.98. The van der Waals surface area contributed by atoms with Gasteiger partial charge in [0, 0.05) is 18.8 Å². The van der Waals surface area contributed by atoms with E-state index in [-0.39, 0.29) is 5.82 Å². The van der Waals surface area contributed by atoms with Gasteiger partial charge in [-0.3, -0.25) is 5.01 Å². The second-order valence-corrected chi connectivity index (χ2v) is 5.08. The molecule has 0 spiro atoms. The molecular weight excluding hydrogens is 265 g/mol. The molecule has 1 heterocycles. The molecule has 108 valence electrons. The van der Waals surface area contributed by atoms with Gasteiger partial charge in [0.25, 0.3) is 0 Å². The maximum Gasteiger partial charge on any atom is 0.123 e. The van der Waals surface area contributed by atoms with E-state index in [0.717, 1.165) is 31.7 Å². The monoisotopic (exact) mass is 283 g/mol. The summed E-state index contributed by atoms with van der Waals surface area (Å²) in [6.45, 7) is 3.65. The topological polar surface area (TPSA) is 18.8 Å². The number of hydrogen-bond acceptors (Lipinski definition) is 3. The molecule has 1 saturated heterocycles. The zero-order valence-electron chi connectivity index (χ0n) is 11.8. The fourth-order valence-electron chi connectivity index (χ4n) is 2.44. The Morgan fingerprint density at radius 3 is 2.38 bits per heavy atom. The van der Waals surface area contributed by atoms with Crippen LogP contribution in [0, 0.1) is 5.82 Å². The third-order valence-corrected chi connectivity index (χ3v) is 3.60. The van der Waals surface area contributed by atoms with Crippen LogP contribution in [0.25, 0.3) is 0 Å². The summed E-state index contributed by atoms with van der Waals surface area (Å²) in [6.07, 6.45) is 1.72. The number of hydrazone groups is 1. The Kier molecular flexibility index (Phi) is 4.15. The average Bonchev–Trinajstić information content (AvgIpc) is 2.54. The molecule has 0 bridgehead atoms. The number of halogens is 1. The summed E-state index contributed by atoms with van der Waals surface area (Å²) in [5, 5.41) is 6.47. The molecule has 21 heavy (non-hydrogen) atoms. The molecule has 0 amide bonds. The maximum absolute atomic E-state index is 13.1. The molecule has 0 N–H and O–H groups in total. The summed E-state index contributed by atoms with van der Waals surface area (Å²) in [7, 11) is 0. The predicted molar refractivity (Wildman–Crippen MR) is 84.2 cm³/mol. The van der Waals surface area contributed by atoms with Crippen molar-refractivity contribution in [1.29, 1.82) is 0 Å². The highest BCUT2D eigenvalue weighted by molar-refractivity contribution is 5.79. The first-order valence-corrected chi connectivity index (χ1v) is 7.16. The zero-order chi connectivity index (χ0) is 14.5. The molecule has 0 radical (unpaired) electrons. The van der Waals surface area contributed by atoms with Crippen molar-refractivity contribution >= 4 is 11.9 Å². The number of benzene rings is 2. The molecule has 0 aromatic heterocycles. The van der Waals surface area contributed by atoms with Gasteiger partial charge in [-0.2, -0.15) is 5.10 Å². The Bertz CT molecular complexity index is 604. The number of anilines is 1. The lowest BCUT2D eigenvalue weighted by Crippen LogP contribution is -2.44. The van der Waals surface area contributed by atoms with Crippen molar-refractivity contribution in [1.82, 2.24) is 5.01 Å². The van der Waals surface area contributed by atoms with E-state index in [1.54, 1.807) is 12.3 Å². The molecule has 0 unspecified atom stereocenters. The van der Waals surface area contributed by atoms with Crippen LogP contribution >= 0.6 is 0 Å². The second kappa shape index (κ2) is 6.39. The van der Waals surface area contributed by atoms with Crippen LogP contribution in [0.5, 0.6) is 0 Å². The summed E-state index contributed by atoms with van der Waals surface area (Å²) in [5.41, 5.74) is 2.05. The molecule has 1 fully saturated rings. The van der Waals surface area contributed by atoms with Crippen LogP contribution in [0.4, 0.5) is 10.1 Å². The van der Waals surface area contributed by atoms with E-state index >= 15 is 0 Å². The van der Waals surface area contributed by atoms with Crippen LogP contribution in [-0.4, -0.2) is 37.4 Å². The van der Waals surface area contributed by atoms with E-state index in [4.69, 9.17) is 0 Å². The third-order valence-electron chi connectivity index (χ3n) is 3.60. The lowest BCUT2D eigenvalue weighted by molar-refractivity contribution is 0.272. The van der Waals surface area contributed by atoms with Crippen molar-refractivity contribution in [3.05, 3.63) is 66.0 Å². The van der Waals surface area contributed by atoms with Crippen LogP contribution in [0.1, 0.15) is 5.56 Å². The Morgan fingerprint density at radius 2 is 1.67 bits per heavy atom. The second-order valence-electron chi connectivity index (χ2n) is 5.08. The molecule has 2 aromatic carbocycles. The van der Waals surface area contributed by atoms with Crippen molar-refractivity contribution < 1.29 is 4.39 Å².